The molecule has 0 radical (unpaired) electrons. The lowest BCUT2D eigenvalue weighted by Gasteiger charge is -2.12. The fraction of sp³-hybridized carbons (Fsp3) is 0.222. The summed E-state index contributed by atoms with van der Waals surface area (Å²) >= 11 is 17.4. The fourth-order valence-corrected chi connectivity index (χ4v) is 1.95. The van der Waals surface area contributed by atoms with Gasteiger partial charge in [-0.15, -0.1) is 0 Å². The highest BCUT2D eigenvalue weighted by Gasteiger charge is 2.17. The minimum atomic E-state index is -0.239. The maximum Gasteiger partial charge on any atom is 0.256 e. The summed E-state index contributed by atoms with van der Waals surface area (Å²) in [5, 5.41) is 0.942. The van der Waals surface area contributed by atoms with E-state index >= 15 is 0 Å². The maximum atomic E-state index is 11.6. The molecular weight excluding hydrogens is 244 g/mol. The monoisotopic (exact) mass is 251 g/mol. The number of hydrogen-bond acceptors (Lipinski definition) is 1. The molecule has 0 unspecified atom stereocenters. The molecule has 0 N–H and O–H groups in total. The zero-order chi connectivity index (χ0) is 10.9. The van der Waals surface area contributed by atoms with Crippen LogP contribution in [0.1, 0.15) is 10.4 Å². The van der Waals surface area contributed by atoms with Crippen LogP contribution in [0.2, 0.25) is 15.1 Å². The largest absolute Gasteiger partial charge is 0.345 e. The minimum Gasteiger partial charge on any atom is -0.345 e. The third-order valence-electron chi connectivity index (χ3n) is 1.63. The third kappa shape index (κ3) is 2.32. The molecular formula is C9H8Cl3NO. The lowest BCUT2D eigenvalue weighted by Crippen LogP contribution is -2.22. The van der Waals surface area contributed by atoms with Gasteiger partial charge in [0, 0.05) is 19.1 Å². The van der Waals surface area contributed by atoms with Crippen LogP contribution in [-0.2, 0) is 0 Å². The van der Waals surface area contributed by atoms with Gasteiger partial charge in [0.15, 0.2) is 0 Å². The van der Waals surface area contributed by atoms with Crippen molar-refractivity contribution in [2.45, 2.75) is 0 Å². The number of amides is 1. The first-order chi connectivity index (χ1) is 6.43. The molecule has 0 bridgehead atoms. The summed E-state index contributed by atoms with van der Waals surface area (Å²) in [4.78, 5) is 13.0. The Morgan fingerprint density at radius 3 is 1.93 bits per heavy atom. The van der Waals surface area contributed by atoms with Crippen molar-refractivity contribution in [3.05, 3.63) is 32.8 Å². The topological polar surface area (TPSA) is 20.3 Å². The van der Waals surface area contributed by atoms with Crippen molar-refractivity contribution < 1.29 is 4.79 Å². The minimum absolute atomic E-state index is 0.239. The van der Waals surface area contributed by atoms with Gasteiger partial charge in [-0.25, -0.2) is 0 Å². The average molecular weight is 253 g/mol. The van der Waals surface area contributed by atoms with Crippen molar-refractivity contribution >= 4 is 40.7 Å². The van der Waals surface area contributed by atoms with Crippen LogP contribution in [0.15, 0.2) is 12.1 Å². The predicted octanol–water partition coefficient (Wildman–Crippen LogP) is 3.35. The van der Waals surface area contributed by atoms with Crippen LogP contribution in [-0.4, -0.2) is 24.9 Å². The van der Waals surface area contributed by atoms with Crippen LogP contribution in [0.25, 0.3) is 0 Å². The predicted molar refractivity (Wildman–Crippen MR) is 59.5 cm³/mol. The van der Waals surface area contributed by atoms with E-state index in [4.69, 9.17) is 34.8 Å². The Morgan fingerprint density at radius 2 is 1.57 bits per heavy atom. The Labute approximate surface area is 97.4 Å². The van der Waals surface area contributed by atoms with Crippen LogP contribution >= 0.6 is 34.8 Å². The van der Waals surface area contributed by atoms with Gasteiger partial charge in [0.25, 0.3) is 5.91 Å². The van der Waals surface area contributed by atoms with E-state index in [0.717, 1.165) is 0 Å². The van der Waals surface area contributed by atoms with Crippen LogP contribution in [0.4, 0.5) is 0 Å². The standard InChI is InChI=1S/C9H8Cl3NO/c1-13(2)9(14)8-6(11)3-5(10)4-7(8)12/h3-4H,1-2H3. The van der Waals surface area contributed by atoms with Crippen molar-refractivity contribution in [2.75, 3.05) is 14.1 Å². The van der Waals surface area contributed by atoms with E-state index in [0.29, 0.717) is 5.02 Å². The third-order valence-corrected chi connectivity index (χ3v) is 2.44. The van der Waals surface area contributed by atoms with E-state index in [2.05, 4.69) is 0 Å². The van der Waals surface area contributed by atoms with E-state index in [-0.39, 0.29) is 21.5 Å². The van der Waals surface area contributed by atoms with E-state index < -0.39 is 0 Å². The Kier molecular flexibility index (Phi) is 3.65. The van der Waals surface area contributed by atoms with Crippen molar-refractivity contribution in [2.24, 2.45) is 0 Å². The second-order valence-electron chi connectivity index (χ2n) is 2.94. The Balaban J connectivity index is 3.28. The van der Waals surface area contributed by atoms with E-state index in [1.165, 1.54) is 17.0 Å². The van der Waals surface area contributed by atoms with Gasteiger partial charge >= 0.3 is 0 Å². The molecule has 76 valence electrons. The number of nitrogens with zero attached hydrogens (tertiary/aromatic N) is 1. The van der Waals surface area contributed by atoms with Gasteiger partial charge in [-0.1, -0.05) is 34.8 Å². The maximum absolute atomic E-state index is 11.6. The summed E-state index contributed by atoms with van der Waals surface area (Å²) in [5.41, 5.74) is 0.280. The molecule has 1 aromatic carbocycles. The molecule has 0 heterocycles. The summed E-state index contributed by atoms with van der Waals surface area (Å²) in [5.74, 6) is -0.239. The van der Waals surface area contributed by atoms with Gasteiger partial charge < -0.3 is 4.90 Å². The number of carbonyl (C=O) groups excluding carboxylic acids is 1. The number of benzene rings is 1. The summed E-state index contributed by atoms with van der Waals surface area (Å²) in [6.07, 6.45) is 0. The zero-order valence-corrected chi connectivity index (χ0v) is 9.91. The van der Waals surface area contributed by atoms with Gasteiger partial charge in [0.05, 0.1) is 15.6 Å². The molecule has 0 aliphatic heterocycles. The molecule has 5 heteroatoms. The van der Waals surface area contributed by atoms with E-state index in [9.17, 15) is 4.79 Å². The summed E-state index contributed by atoms with van der Waals surface area (Å²) in [6, 6.07) is 2.98. The van der Waals surface area contributed by atoms with Crippen molar-refractivity contribution in [3.63, 3.8) is 0 Å². The first-order valence-corrected chi connectivity index (χ1v) is 4.93. The van der Waals surface area contributed by atoms with Crippen molar-refractivity contribution in [1.82, 2.24) is 4.90 Å². The molecule has 0 fully saturated rings. The zero-order valence-electron chi connectivity index (χ0n) is 7.64. The summed E-state index contributed by atoms with van der Waals surface area (Å²) < 4.78 is 0. The van der Waals surface area contributed by atoms with Crippen LogP contribution in [0.3, 0.4) is 0 Å². The molecule has 0 aliphatic rings. The molecule has 2 nitrogen and oxygen atoms in total. The first kappa shape index (κ1) is 11.6. The smallest absolute Gasteiger partial charge is 0.256 e. The second-order valence-corrected chi connectivity index (χ2v) is 4.19. The van der Waals surface area contributed by atoms with Gasteiger partial charge in [0.1, 0.15) is 0 Å². The number of hydrogen-bond donors (Lipinski definition) is 0. The van der Waals surface area contributed by atoms with Crippen LogP contribution in [0, 0.1) is 0 Å². The molecule has 0 aromatic heterocycles. The molecule has 0 atom stereocenters. The number of rotatable bonds is 1. The highest BCUT2D eigenvalue weighted by atomic mass is 35.5. The molecule has 0 saturated carbocycles. The molecule has 0 spiro atoms. The number of halogens is 3. The molecule has 1 aromatic rings. The Bertz CT molecular complexity index is 353. The lowest BCUT2D eigenvalue weighted by molar-refractivity contribution is 0.0828. The molecule has 0 saturated heterocycles. The average Bonchev–Trinajstić information content (AvgIpc) is 2.01. The van der Waals surface area contributed by atoms with Gasteiger partial charge in [0.2, 0.25) is 0 Å². The molecule has 0 aliphatic carbocycles. The molecule has 1 amide bonds. The van der Waals surface area contributed by atoms with Gasteiger partial charge in [-0.2, -0.15) is 0 Å². The van der Waals surface area contributed by atoms with E-state index in [1.54, 1.807) is 14.1 Å². The normalized spacial score (nSPS) is 10.1. The fourth-order valence-electron chi connectivity index (χ4n) is 0.970. The highest BCUT2D eigenvalue weighted by molar-refractivity contribution is 6.42. The quantitative estimate of drug-likeness (QED) is 0.750. The lowest BCUT2D eigenvalue weighted by atomic mass is 10.2. The Morgan fingerprint density at radius 1 is 1.14 bits per heavy atom. The van der Waals surface area contributed by atoms with Gasteiger partial charge in [-0.3, -0.25) is 4.79 Å². The van der Waals surface area contributed by atoms with Crippen LogP contribution in [0.5, 0.6) is 0 Å². The molecule has 1 rings (SSSR count). The summed E-state index contributed by atoms with van der Waals surface area (Å²) in [7, 11) is 3.26. The first-order valence-electron chi connectivity index (χ1n) is 3.79. The van der Waals surface area contributed by atoms with Crippen molar-refractivity contribution in [3.8, 4) is 0 Å². The SMILES string of the molecule is CN(C)C(=O)c1c(Cl)cc(Cl)cc1Cl. The Hall–Kier alpha value is -0.440. The highest BCUT2D eigenvalue weighted by Crippen LogP contribution is 2.29. The van der Waals surface area contributed by atoms with Crippen molar-refractivity contribution in [1.29, 1.82) is 0 Å². The van der Waals surface area contributed by atoms with E-state index in [1.807, 2.05) is 0 Å². The summed E-state index contributed by atoms with van der Waals surface area (Å²) in [6.45, 7) is 0. The second kappa shape index (κ2) is 4.39. The van der Waals surface area contributed by atoms with Crippen LogP contribution < -0.4 is 0 Å². The number of carbonyl (C=O) groups is 1. The molecule has 14 heavy (non-hydrogen) atoms. The van der Waals surface area contributed by atoms with Gasteiger partial charge in [-0.05, 0) is 12.1 Å².